The highest BCUT2D eigenvalue weighted by atomic mass is 35.5. The lowest BCUT2D eigenvalue weighted by atomic mass is 9.95. The molecular weight excluding hydrogens is 507 g/mol. The minimum Gasteiger partial charge on any atom is -0.484 e. The summed E-state index contributed by atoms with van der Waals surface area (Å²) < 4.78 is 48.1. The number of halogens is 4. The molecule has 0 aliphatic carbocycles. The predicted octanol–water partition coefficient (Wildman–Crippen LogP) is 4.90. The lowest BCUT2D eigenvalue weighted by Gasteiger charge is -2.51. The minimum absolute atomic E-state index is 0.0598. The first-order valence-corrected chi connectivity index (χ1v) is 12.4. The second kappa shape index (κ2) is 9.23. The van der Waals surface area contributed by atoms with Gasteiger partial charge in [0.25, 0.3) is 5.56 Å². The van der Waals surface area contributed by atoms with Crippen molar-refractivity contribution < 1.29 is 17.9 Å². The summed E-state index contributed by atoms with van der Waals surface area (Å²) in [6, 6.07) is 8.96. The van der Waals surface area contributed by atoms with Crippen LogP contribution in [0.2, 0.25) is 5.02 Å². The molecule has 0 unspecified atom stereocenters. The van der Waals surface area contributed by atoms with Crippen molar-refractivity contribution >= 4 is 28.3 Å². The topological polar surface area (TPSA) is 74.4 Å². The Bertz CT molecular complexity index is 1480. The summed E-state index contributed by atoms with van der Waals surface area (Å²) in [6.07, 6.45) is -3.94. The zero-order valence-corrected chi connectivity index (χ0v) is 21.3. The molecule has 37 heavy (non-hydrogen) atoms. The van der Waals surface area contributed by atoms with Crippen LogP contribution in [0.15, 0.2) is 35.1 Å². The van der Waals surface area contributed by atoms with Gasteiger partial charge in [0.05, 0.1) is 22.1 Å². The molecule has 0 bridgehead atoms. The highest BCUT2D eigenvalue weighted by Crippen LogP contribution is 2.42. The quantitative estimate of drug-likeness (QED) is 0.478. The fourth-order valence-electron chi connectivity index (χ4n) is 5.55. The van der Waals surface area contributed by atoms with Gasteiger partial charge in [-0.3, -0.25) is 9.69 Å². The third-order valence-corrected chi connectivity index (χ3v) is 7.68. The zero-order chi connectivity index (χ0) is 26.6. The molecule has 2 aliphatic rings. The molecule has 7 nitrogen and oxygen atoms in total. The first kappa shape index (κ1) is 25.4. The van der Waals surface area contributed by atoms with Crippen LogP contribution in [-0.2, 0) is 13.2 Å². The van der Waals surface area contributed by atoms with Gasteiger partial charge in [-0.15, -0.1) is 0 Å². The van der Waals surface area contributed by atoms with Crippen LogP contribution >= 0.6 is 11.6 Å². The average Bonchev–Trinajstić information content (AvgIpc) is 2.87. The van der Waals surface area contributed by atoms with Gasteiger partial charge >= 0.3 is 6.18 Å². The molecule has 0 radical (unpaired) electrons. The summed E-state index contributed by atoms with van der Waals surface area (Å²) in [6.45, 7) is 5.24. The standard InChI is InChI=1S/C26H25ClF3N5O2/c1-4-20(15-5-7-19(27)18(9-15)26(28,29)30)34-12-17-13-37-24-23(35(17)11-14(34)2)22-21(33(3)25(24)36)8-6-16(10-31)32-22/h5-9,14,17,20H,4,11-13H2,1-3H3/t14-,17+,20+/m1/s1. The van der Waals surface area contributed by atoms with Gasteiger partial charge in [0.1, 0.15) is 29.6 Å². The van der Waals surface area contributed by atoms with Gasteiger partial charge in [-0.1, -0.05) is 24.6 Å². The summed E-state index contributed by atoms with van der Waals surface area (Å²) in [7, 11) is 1.64. The summed E-state index contributed by atoms with van der Waals surface area (Å²) >= 11 is 5.87. The van der Waals surface area contributed by atoms with Crippen LogP contribution in [0.4, 0.5) is 18.9 Å². The van der Waals surface area contributed by atoms with Gasteiger partial charge in [-0.25, -0.2) is 4.98 Å². The van der Waals surface area contributed by atoms with Crippen molar-refractivity contribution in [2.45, 2.75) is 44.6 Å². The summed E-state index contributed by atoms with van der Waals surface area (Å²) in [4.78, 5) is 21.9. The molecule has 194 valence electrons. The fourth-order valence-corrected chi connectivity index (χ4v) is 5.77. The van der Waals surface area contributed by atoms with Crippen molar-refractivity contribution in [2.75, 3.05) is 24.6 Å². The number of anilines is 1. The average molecular weight is 532 g/mol. The van der Waals surface area contributed by atoms with Crippen molar-refractivity contribution in [1.29, 1.82) is 5.26 Å². The Morgan fingerprint density at radius 2 is 2.03 bits per heavy atom. The summed E-state index contributed by atoms with van der Waals surface area (Å²) in [5.74, 6) is 0.203. The number of benzene rings is 1. The van der Waals surface area contributed by atoms with E-state index in [0.717, 1.165) is 6.07 Å². The van der Waals surface area contributed by atoms with Crippen molar-refractivity contribution in [3.05, 3.63) is 62.5 Å². The Kier molecular flexibility index (Phi) is 6.32. The maximum absolute atomic E-state index is 13.5. The Morgan fingerprint density at radius 1 is 1.27 bits per heavy atom. The Balaban J connectivity index is 1.54. The second-order valence-electron chi connectivity index (χ2n) is 9.54. The molecule has 0 amide bonds. The van der Waals surface area contributed by atoms with E-state index in [4.69, 9.17) is 16.3 Å². The maximum atomic E-state index is 13.5. The molecule has 2 aliphatic heterocycles. The lowest BCUT2D eigenvalue weighted by molar-refractivity contribution is -0.137. The number of aryl methyl sites for hydroxylation is 1. The molecule has 3 aromatic rings. The van der Waals surface area contributed by atoms with Gasteiger partial charge in [0.15, 0.2) is 0 Å². The van der Waals surface area contributed by atoms with Crippen LogP contribution < -0.4 is 15.2 Å². The van der Waals surface area contributed by atoms with Crippen molar-refractivity contribution in [1.82, 2.24) is 14.5 Å². The van der Waals surface area contributed by atoms with E-state index in [1.165, 1.54) is 10.6 Å². The molecule has 2 aromatic heterocycles. The van der Waals surface area contributed by atoms with E-state index >= 15 is 0 Å². The third kappa shape index (κ3) is 4.20. The van der Waals surface area contributed by atoms with E-state index < -0.39 is 11.7 Å². The predicted molar refractivity (Wildman–Crippen MR) is 134 cm³/mol. The van der Waals surface area contributed by atoms with E-state index in [9.17, 15) is 23.2 Å². The monoisotopic (exact) mass is 531 g/mol. The number of rotatable bonds is 3. The van der Waals surface area contributed by atoms with Crippen LogP contribution in [0.25, 0.3) is 11.0 Å². The summed E-state index contributed by atoms with van der Waals surface area (Å²) in [5.41, 5.74) is 1.34. The molecule has 1 aromatic carbocycles. The van der Waals surface area contributed by atoms with Gasteiger partial charge in [0, 0.05) is 32.2 Å². The Hall–Kier alpha value is -3.29. The first-order chi connectivity index (χ1) is 17.5. The molecule has 0 spiro atoms. The minimum atomic E-state index is -4.54. The zero-order valence-electron chi connectivity index (χ0n) is 20.5. The van der Waals surface area contributed by atoms with Crippen LogP contribution in [0.1, 0.15) is 43.1 Å². The smallest absolute Gasteiger partial charge is 0.417 e. The van der Waals surface area contributed by atoms with Crippen molar-refractivity contribution in [3.8, 4) is 11.8 Å². The SMILES string of the molecule is CC[C@@H](c1ccc(Cl)c(C(F)(F)F)c1)N1C[C@H]2COc3c(c4nc(C#N)ccc4n(C)c3=O)N2C[C@H]1C. The van der Waals surface area contributed by atoms with E-state index in [0.29, 0.717) is 41.8 Å². The van der Waals surface area contributed by atoms with Crippen LogP contribution in [0.5, 0.6) is 5.75 Å². The van der Waals surface area contributed by atoms with E-state index in [-0.39, 0.29) is 46.8 Å². The molecule has 5 rings (SSSR count). The molecular formula is C26H25ClF3N5O2. The fraction of sp³-hybridized carbons (Fsp3) is 0.423. The number of hydrogen-bond donors (Lipinski definition) is 0. The van der Waals surface area contributed by atoms with Gasteiger partial charge < -0.3 is 14.2 Å². The maximum Gasteiger partial charge on any atom is 0.417 e. The van der Waals surface area contributed by atoms with Gasteiger partial charge in [0.2, 0.25) is 5.75 Å². The molecule has 11 heteroatoms. The number of ether oxygens (including phenoxy) is 1. The van der Waals surface area contributed by atoms with Crippen LogP contribution in [0.3, 0.4) is 0 Å². The Morgan fingerprint density at radius 3 is 2.70 bits per heavy atom. The van der Waals surface area contributed by atoms with Crippen molar-refractivity contribution in [2.24, 2.45) is 7.05 Å². The number of nitriles is 1. The highest BCUT2D eigenvalue weighted by Gasteiger charge is 2.42. The number of pyridine rings is 2. The molecule has 3 atom stereocenters. The van der Waals surface area contributed by atoms with E-state index in [1.807, 2.05) is 13.8 Å². The number of fused-ring (bicyclic) bond motifs is 5. The van der Waals surface area contributed by atoms with Crippen LogP contribution in [-0.4, -0.2) is 46.2 Å². The largest absolute Gasteiger partial charge is 0.484 e. The van der Waals surface area contributed by atoms with Crippen LogP contribution in [0, 0.1) is 11.3 Å². The lowest BCUT2D eigenvalue weighted by Crippen LogP contribution is -2.61. The molecule has 0 saturated carbocycles. The molecule has 4 heterocycles. The second-order valence-corrected chi connectivity index (χ2v) is 9.95. The summed E-state index contributed by atoms with van der Waals surface area (Å²) in [5, 5.41) is 9.09. The van der Waals surface area contributed by atoms with E-state index in [1.54, 1.807) is 25.2 Å². The van der Waals surface area contributed by atoms with E-state index in [2.05, 4.69) is 20.9 Å². The van der Waals surface area contributed by atoms with Gasteiger partial charge in [-0.2, -0.15) is 18.4 Å². The number of alkyl halides is 3. The normalized spacial score (nSPS) is 20.6. The first-order valence-electron chi connectivity index (χ1n) is 12.0. The highest BCUT2D eigenvalue weighted by molar-refractivity contribution is 6.31. The van der Waals surface area contributed by atoms with Crippen molar-refractivity contribution in [3.63, 3.8) is 0 Å². The molecule has 1 saturated heterocycles. The molecule has 1 fully saturated rings. The van der Waals surface area contributed by atoms with Gasteiger partial charge in [-0.05, 0) is 43.2 Å². The molecule has 0 N–H and O–H groups in total. The third-order valence-electron chi connectivity index (χ3n) is 7.35. The number of hydrogen-bond acceptors (Lipinski definition) is 6. The Labute approximate surface area is 216 Å². The number of nitrogens with zero attached hydrogens (tertiary/aromatic N) is 5. The number of piperazine rings is 1. The number of aromatic nitrogens is 2.